The van der Waals surface area contributed by atoms with E-state index < -0.39 is 22.5 Å². The second-order valence-electron chi connectivity index (χ2n) is 5.15. The van der Waals surface area contributed by atoms with Crippen molar-refractivity contribution in [2.45, 2.75) is 44.7 Å². The Hall–Kier alpha value is -0.610. The molecule has 2 unspecified atom stereocenters. The van der Waals surface area contributed by atoms with Gasteiger partial charge in [0.05, 0.1) is 5.41 Å². The van der Waals surface area contributed by atoms with E-state index in [0.29, 0.717) is 12.8 Å². The first kappa shape index (κ1) is 10.5. The number of carboxylic acid groups (broad SMARTS) is 1. The van der Waals surface area contributed by atoms with E-state index in [0.717, 1.165) is 0 Å². The number of carbonyl (C=O) groups is 1. The van der Waals surface area contributed by atoms with Crippen LogP contribution in [0, 0.1) is 5.41 Å². The smallest absolute Gasteiger partial charge is 0.311 e. The molecule has 76 valence electrons. The first-order valence-corrected chi connectivity index (χ1v) is 4.42. The van der Waals surface area contributed by atoms with Gasteiger partial charge in [-0.2, -0.15) is 0 Å². The molecule has 0 amide bonds. The van der Waals surface area contributed by atoms with Gasteiger partial charge >= 0.3 is 5.97 Å². The molecule has 4 heteroatoms. The average molecular weight is 186 g/mol. The van der Waals surface area contributed by atoms with Crippen LogP contribution >= 0.6 is 0 Å². The van der Waals surface area contributed by atoms with Crippen LogP contribution in [0.15, 0.2) is 0 Å². The molecule has 1 saturated carbocycles. The quantitative estimate of drug-likeness (QED) is 0.591. The monoisotopic (exact) mass is 186 g/mol. The minimum absolute atomic E-state index is 0.433. The number of hydrogen-bond donors (Lipinski definition) is 3. The lowest BCUT2D eigenvalue weighted by molar-refractivity contribution is -0.145. The van der Waals surface area contributed by atoms with Crippen molar-refractivity contribution in [2.75, 3.05) is 0 Å². The Morgan fingerprint density at radius 2 is 2.00 bits per heavy atom. The molecule has 13 heavy (non-hydrogen) atoms. The average Bonchev–Trinajstić information content (AvgIpc) is 2.30. The molecule has 2 atom stereocenters. The van der Waals surface area contributed by atoms with Crippen LogP contribution in [0.5, 0.6) is 0 Å². The third-order valence-electron chi connectivity index (χ3n) is 2.80. The van der Waals surface area contributed by atoms with Crippen LogP contribution in [-0.4, -0.2) is 22.2 Å². The van der Waals surface area contributed by atoms with Gasteiger partial charge in [0.2, 0.25) is 0 Å². The molecule has 0 aromatic carbocycles. The Morgan fingerprint density at radius 1 is 1.62 bits per heavy atom. The summed E-state index contributed by atoms with van der Waals surface area (Å²) in [6.45, 7) is 5.42. The van der Waals surface area contributed by atoms with E-state index >= 15 is 0 Å². The van der Waals surface area contributed by atoms with Gasteiger partial charge in [-0.15, -0.1) is 0 Å². The number of rotatable bonds is 3. The fraction of sp³-hybridized carbons (Fsp3) is 0.889. The predicted octanol–water partition coefficient (Wildman–Crippen LogP) is 0.306. The van der Waals surface area contributed by atoms with E-state index in [9.17, 15) is 4.79 Å². The van der Waals surface area contributed by atoms with Gasteiger partial charge in [0.1, 0.15) is 0 Å². The number of carboxylic acids is 1. The lowest BCUT2D eigenvalue weighted by atomic mass is 9.86. The second kappa shape index (κ2) is 2.45. The zero-order valence-corrected chi connectivity index (χ0v) is 8.42. The van der Waals surface area contributed by atoms with Gasteiger partial charge in [-0.25, -0.2) is 0 Å². The Balaban J connectivity index is 2.81. The van der Waals surface area contributed by atoms with E-state index in [2.05, 4.69) is 0 Å². The molecule has 1 rings (SSSR count). The topological polar surface area (TPSA) is 89.3 Å². The maximum Gasteiger partial charge on any atom is 0.311 e. The van der Waals surface area contributed by atoms with Crippen molar-refractivity contribution < 1.29 is 9.90 Å². The first-order valence-electron chi connectivity index (χ1n) is 4.42. The Bertz CT molecular complexity index is 242. The van der Waals surface area contributed by atoms with Crippen molar-refractivity contribution in [3.63, 3.8) is 0 Å². The standard InChI is InChI=1S/C9H18N2O2/c1-7(2,10)4-9(6(12)13)5-8(9,3)11/h4-5,10-11H2,1-3H3,(H,12,13). The van der Waals surface area contributed by atoms with Gasteiger partial charge in [0.25, 0.3) is 0 Å². The molecule has 1 aliphatic carbocycles. The normalized spacial score (nSPS) is 38.8. The molecule has 0 aromatic heterocycles. The lowest BCUT2D eigenvalue weighted by Crippen LogP contribution is -2.42. The number of hydrogen-bond acceptors (Lipinski definition) is 3. The fourth-order valence-electron chi connectivity index (χ4n) is 2.02. The van der Waals surface area contributed by atoms with Crippen LogP contribution in [0.4, 0.5) is 0 Å². The highest BCUT2D eigenvalue weighted by Crippen LogP contribution is 2.58. The summed E-state index contributed by atoms with van der Waals surface area (Å²) in [4.78, 5) is 11.0. The minimum atomic E-state index is -0.823. The van der Waals surface area contributed by atoms with E-state index in [1.807, 2.05) is 13.8 Å². The highest BCUT2D eigenvalue weighted by Gasteiger charge is 2.68. The second-order valence-corrected chi connectivity index (χ2v) is 5.15. The predicted molar refractivity (Wildman–Crippen MR) is 50.2 cm³/mol. The first-order chi connectivity index (χ1) is 5.61. The maximum absolute atomic E-state index is 11.0. The maximum atomic E-state index is 11.0. The lowest BCUT2D eigenvalue weighted by Gasteiger charge is -2.25. The van der Waals surface area contributed by atoms with Crippen LogP contribution in [0.3, 0.4) is 0 Å². The summed E-state index contributed by atoms with van der Waals surface area (Å²) < 4.78 is 0. The van der Waals surface area contributed by atoms with Crippen molar-refractivity contribution >= 4 is 5.97 Å². The molecule has 1 aliphatic rings. The molecule has 0 aliphatic heterocycles. The van der Waals surface area contributed by atoms with Crippen molar-refractivity contribution in [3.05, 3.63) is 0 Å². The van der Waals surface area contributed by atoms with Gasteiger partial charge < -0.3 is 16.6 Å². The van der Waals surface area contributed by atoms with Gasteiger partial charge in [-0.1, -0.05) is 0 Å². The van der Waals surface area contributed by atoms with E-state index in [1.54, 1.807) is 6.92 Å². The largest absolute Gasteiger partial charge is 0.481 e. The molecule has 1 fully saturated rings. The summed E-state index contributed by atoms with van der Waals surface area (Å²) in [7, 11) is 0. The Kier molecular flexibility index (Phi) is 1.98. The molecular weight excluding hydrogens is 168 g/mol. The highest BCUT2D eigenvalue weighted by molar-refractivity contribution is 5.81. The summed E-state index contributed by atoms with van der Waals surface area (Å²) in [5.74, 6) is -0.823. The third kappa shape index (κ3) is 1.69. The van der Waals surface area contributed by atoms with E-state index in [1.165, 1.54) is 0 Å². The number of aliphatic carboxylic acids is 1. The summed E-state index contributed by atoms with van der Waals surface area (Å²) in [5.41, 5.74) is 9.75. The fourth-order valence-corrected chi connectivity index (χ4v) is 2.02. The van der Waals surface area contributed by atoms with Crippen molar-refractivity contribution in [2.24, 2.45) is 16.9 Å². The van der Waals surface area contributed by atoms with Gasteiger partial charge in [-0.3, -0.25) is 4.79 Å². The molecule has 0 heterocycles. The van der Waals surface area contributed by atoms with Gasteiger partial charge in [0, 0.05) is 11.1 Å². The molecule has 0 saturated heterocycles. The van der Waals surface area contributed by atoms with Crippen LogP contribution in [0.25, 0.3) is 0 Å². The van der Waals surface area contributed by atoms with Gasteiger partial charge in [-0.05, 0) is 33.6 Å². The van der Waals surface area contributed by atoms with Crippen LogP contribution in [0.1, 0.15) is 33.6 Å². The molecule has 4 nitrogen and oxygen atoms in total. The van der Waals surface area contributed by atoms with Crippen LogP contribution < -0.4 is 11.5 Å². The zero-order valence-electron chi connectivity index (χ0n) is 8.42. The Morgan fingerprint density at radius 3 is 2.08 bits per heavy atom. The summed E-state index contributed by atoms with van der Waals surface area (Å²) >= 11 is 0. The summed E-state index contributed by atoms with van der Waals surface area (Å²) in [6.07, 6.45) is 0.957. The van der Waals surface area contributed by atoms with Crippen molar-refractivity contribution in [1.82, 2.24) is 0 Å². The van der Waals surface area contributed by atoms with Crippen molar-refractivity contribution in [1.29, 1.82) is 0 Å². The van der Waals surface area contributed by atoms with E-state index in [4.69, 9.17) is 16.6 Å². The molecule has 0 spiro atoms. The Labute approximate surface area is 78.3 Å². The summed E-state index contributed by atoms with van der Waals surface area (Å²) in [5, 5.41) is 9.07. The molecule has 0 radical (unpaired) electrons. The SMILES string of the molecule is CC(C)(N)CC1(C(=O)O)CC1(C)N. The highest BCUT2D eigenvalue weighted by atomic mass is 16.4. The van der Waals surface area contributed by atoms with Gasteiger partial charge in [0.15, 0.2) is 0 Å². The third-order valence-corrected chi connectivity index (χ3v) is 2.80. The minimum Gasteiger partial charge on any atom is -0.481 e. The molecular formula is C9H18N2O2. The van der Waals surface area contributed by atoms with Crippen LogP contribution in [-0.2, 0) is 4.79 Å². The summed E-state index contributed by atoms with van der Waals surface area (Å²) in [6, 6.07) is 0. The molecule has 5 N–H and O–H groups in total. The number of nitrogens with two attached hydrogens (primary N) is 2. The molecule has 0 bridgehead atoms. The van der Waals surface area contributed by atoms with Crippen molar-refractivity contribution in [3.8, 4) is 0 Å². The van der Waals surface area contributed by atoms with Crippen LogP contribution in [0.2, 0.25) is 0 Å². The zero-order chi connectivity index (χ0) is 10.5. The van der Waals surface area contributed by atoms with E-state index in [-0.39, 0.29) is 0 Å². The molecule has 0 aromatic rings.